The van der Waals surface area contributed by atoms with E-state index in [1.165, 1.54) is 0 Å². The molecule has 3 nitrogen and oxygen atoms in total. The second-order valence-corrected chi connectivity index (χ2v) is 3.07. The molecule has 0 aromatic carbocycles. The highest BCUT2D eigenvalue weighted by atomic mass is 79.9. The average Bonchev–Trinajstić information content (AvgIpc) is 2.02. The van der Waals surface area contributed by atoms with E-state index in [-0.39, 0.29) is 6.61 Å². The van der Waals surface area contributed by atoms with Gasteiger partial charge in [-0.2, -0.15) is 0 Å². The molecule has 0 spiro atoms. The SMILES string of the molecule is CCOC(=O)C(=O)[C@H](Br)CC. The van der Waals surface area contributed by atoms with E-state index in [0.717, 1.165) is 0 Å². The van der Waals surface area contributed by atoms with E-state index >= 15 is 0 Å². The molecule has 4 heteroatoms. The van der Waals surface area contributed by atoms with Crippen LogP contribution in [-0.2, 0) is 14.3 Å². The van der Waals surface area contributed by atoms with Crippen LogP contribution < -0.4 is 0 Å². The van der Waals surface area contributed by atoms with Crippen LogP contribution in [0.15, 0.2) is 0 Å². The third-order valence-electron chi connectivity index (χ3n) is 1.12. The number of alkyl halides is 1. The molecule has 11 heavy (non-hydrogen) atoms. The molecule has 0 aromatic heterocycles. The Kier molecular flexibility index (Phi) is 5.11. The van der Waals surface area contributed by atoms with Crippen LogP contribution in [0.25, 0.3) is 0 Å². The Bertz CT molecular complexity index is 156. The molecule has 64 valence electrons. The first-order chi connectivity index (χ1) is 5.13. The largest absolute Gasteiger partial charge is 0.460 e. The second kappa shape index (κ2) is 5.29. The van der Waals surface area contributed by atoms with E-state index in [9.17, 15) is 9.59 Å². The van der Waals surface area contributed by atoms with Gasteiger partial charge in [0.05, 0.1) is 11.4 Å². The summed E-state index contributed by atoms with van der Waals surface area (Å²) in [5, 5.41) is 0. The Labute approximate surface area is 74.2 Å². The summed E-state index contributed by atoms with van der Waals surface area (Å²) in [6.07, 6.45) is 0.595. The maximum Gasteiger partial charge on any atom is 0.375 e. The van der Waals surface area contributed by atoms with E-state index in [1.54, 1.807) is 6.92 Å². The van der Waals surface area contributed by atoms with Gasteiger partial charge >= 0.3 is 5.97 Å². The van der Waals surface area contributed by atoms with Gasteiger partial charge in [0.2, 0.25) is 0 Å². The molecule has 0 fully saturated rings. The molecule has 0 saturated carbocycles. The summed E-state index contributed by atoms with van der Waals surface area (Å²) in [7, 11) is 0. The van der Waals surface area contributed by atoms with Gasteiger partial charge in [0.1, 0.15) is 0 Å². The lowest BCUT2D eigenvalue weighted by atomic mass is 10.2. The first-order valence-corrected chi connectivity index (χ1v) is 4.40. The predicted molar refractivity (Wildman–Crippen MR) is 44.6 cm³/mol. The van der Waals surface area contributed by atoms with Gasteiger partial charge in [-0.3, -0.25) is 4.79 Å². The molecule has 0 unspecified atom stereocenters. The van der Waals surface area contributed by atoms with Gasteiger partial charge in [-0.05, 0) is 13.3 Å². The number of hydrogen-bond donors (Lipinski definition) is 0. The molecular weight excluding hydrogens is 212 g/mol. The zero-order valence-electron chi connectivity index (χ0n) is 6.59. The van der Waals surface area contributed by atoms with Crippen molar-refractivity contribution < 1.29 is 14.3 Å². The lowest BCUT2D eigenvalue weighted by Gasteiger charge is -2.03. The van der Waals surface area contributed by atoms with E-state index in [1.807, 2.05) is 6.92 Å². The third-order valence-corrected chi connectivity index (χ3v) is 2.18. The van der Waals surface area contributed by atoms with Gasteiger partial charge in [-0.15, -0.1) is 0 Å². The Balaban J connectivity index is 3.92. The van der Waals surface area contributed by atoms with Crippen molar-refractivity contribution in [1.29, 1.82) is 0 Å². The molecular formula is C7H11BrO3. The summed E-state index contributed by atoms with van der Waals surface area (Å²) < 4.78 is 4.51. The minimum atomic E-state index is -0.753. The highest BCUT2D eigenvalue weighted by Gasteiger charge is 2.21. The fourth-order valence-electron chi connectivity index (χ4n) is 0.515. The number of ether oxygens (including phenoxy) is 1. The Morgan fingerprint density at radius 1 is 1.45 bits per heavy atom. The van der Waals surface area contributed by atoms with Gasteiger partial charge < -0.3 is 4.74 Å². The highest BCUT2D eigenvalue weighted by Crippen LogP contribution is 2.06. The first kappa shape index (κ1) is 10.6. The number of ketones is 1. The number of rotatable bonds is 4. The average molecular weight is 223 g/mol. The van der Waals surface area contributed by atoms with Gasteiger partial charge in [0, 0.05) is 0 Å². The number of hydrogen-bond acceptors (Lipinski definition) is 3. The molecule has 0 aliphatic carbocycles. The van der Waals surface area contributed by atoms with Crippen LogP contribution in [0.4, 0.5) is 0 Å². The molecule has 0 rings (SSSR count). The normalized spacial score (nSPS) is 12.3. The number of Topliss-reactive ketones (excluding diaryl/α,β-unsaturated/α-hetero) is 1. The molecule has 1 atom stereocenters. The lowest BCUT2D eigenvalue weighted by molar-refractivity contribution is -0.153. The van der Waals surface area contributed by atoms with Crippen LogP contribution in [0.1, 0.15) is 20.3 Å². The van der Waals surface area contributed by atoms with Crippen molar-refractivity contribution in [3.05, 3.63) is 0 Å². The molecule has 0 heterocycles. The van der Waals surface area contributed by atoms with Crippen LogP contribution in [0.5, 0.6) is 0 Å². The summed E-state index contributed by atoms with van der Waals surface area (Å²) in [5.74, 6) is -1.26. The van der Waals surface area contributed by atoms with Gasteiger partial charge in [-0.1, -0.05) is 22.9 Å². The van der Waals surface area contributed by atoms with Crippen molar-refractivity contribution in [1.82, 2.24) is 0 Å². The maximum absolute atomic E-state index is 10.9. The maximum atomic E-state index is 10.9. The van der Waals surface area contributed by atoms with Crippen molar-refractivity contribution in [2.24, 2.45) is 0 Å². The smallest absolute Gasteiger partial charge is 0.375 e. The number of carbonyl (C=O) groups is 2. The van der Waals surface area contributed by atoms with E-state index in [4.69, 9.17) is 0 Å². The molecule has 0 amide bonds. The van der Waals surface area contributed by atoms with Crippen molar-refractivity contribution in [3.63, 3.8) is 0 Å². The van der Waals surface area contributed by atoms with E-state index in [0.29, 0.717) is 6.42 Å². The monoisotopic (exact) mass is 222 g/mol. The van der Waals surface area contributed by atoms with Crippen LogP contribution >= 0.6 is 15.9 Å². The molecule has 0 bridgehead atoms. The topological polar surface area (TPSA) is 43.4 Å². The van der Waals surface area contributed by atoms with Crippen molar-refractivity contribution >= 4 is 27.7 Å². The Morgan fingerprint density at radius 3 is 2.36 bits per heavy atom. The fourth-order valence-corrected chi connectivity index (χ4v) is 0.702. The first-order valence-electron chi connectivity index (χ1n) is 3.48. The zero-order chi connectivity index (χ0) is 8.85. The molecule has 0 N–H and O–H groups in total. The number of esters is 1. The Hall–Kier alpha value is -0.380. The number of carbonyl (C=O) groups excluding carboxylic acids is 2. The molecule has 0 aromatic rings. The minimum Gasteiger partial charge on any atom is -0.460 e. The summed E-state index contributed by atoms with van der Waals surface area (Å²) in [6.45, 7) is 3.73. The summed E-state index contributed by atoms with van der Waals surface area (Å²) in [5.41, 5.74) is 0. The molecule has 0 aliphatic heterocycles. The standard InChI is InChI=1S/C7H11BrO3/c1-3-5(8)6(9)7(10)11-4-2/h5H,3-4H2,1-2H3/t5-/m1/s1. The van der Waals surface area contributed by atoms with Gasteiger partial charge in [0.25, 0.3) is 5.78 Å². The Morgan fingerprint density at radius 2 is 2.00 bits per heavy atom. The second-order valence-electron chi connectivity index (χ2n) is 1.96. The summed E-state index contributed by atoms with van der Waals surface area (Å²) in [6, 6.07) is 0. The number of halogens is 1. The quantitative estimate of drug-likeness (QED) is 0.409. The summed E-state index contributed by atoms with van der Waals surface area (Å²) >= 11 is 3.06. The van der Waals surface area contributed by atoms with Crippen LogP contribution in [-0.4, -0.2) is 23.2 Å². The molecule has 0 aliphatic rings. The third kappa shape index (κ3) is 3.51. The van der Waals surface area contributed by atoms with Crippen LogP contribution in [0, 0.1) is 0 Å². The van der Waals surface area contributed by atoms with E-state index in [2.05, 4.69) is 20.7 Å². The van der Waals surface area contributed by atoms with E-state index < -0.39 is 16.6 Å². The molecule has 0 radical (unpaired) electrons. The van der Waals surface area contributed by atoms with Crippen molar-refractivity contribution in [3.8, 4) is 0 Å². The van der Waals surface area contributed by atoms with Crippen LogP contribution in [0.3, 0.4) is 0 Å². The minimum absolute atomic E-state index is 0.244. The zero-order valence-corrected chi connectivity index (χ0v) is 8.18. The molecule has 0 saturated heterocycles. The fraction of sp³-hybridized carbons (Fsp3) is 0.714. The van der Waals surface area contributed by atoms with Crippen LogP contribution in [0.2, 0.25) is 0 Å². The predicted octanol–water partition coefficient (Wildman–Crippen LogP) is 1.29. The van der Waals surface area contributed by atoms with Gasteiger partial charge in [0.15, 0.2) is 0 Å². The lowest BCUT2D eigenvalue weighted by Crippen LogP contribution is -2.25. The van der Waals surface area contributed by atoms with Crippen molar-refractivity contribution in [2.45, 2.75) is 25.1 Å². The highest BCUT2D eigenvalue weighted by molar-refractivity contribution is 9.10. The van der Waals surface area contributed by atoms with Crippen molar-refractivity contribution in [2.75, 3.05) is 6.61 Å². The summed E-state index contributed by atoms with van der Waals surface area (Å²) in [4.78, 5) is 21.3. The van der Waals surface area contributed by atoms with Gasteiger partial charge in [-0.25, -0.2) is 4.79 Å².